The first kappa shape index (κ1) is 17.9. The molecule has 0 radical (unpaired) electrons. The van der Waals surface area contributed by atoms with Crippen LogP contribution in [0, 0.1) is 12.7 Å². The summed E-state index contributed by atoms with van der Waals surface area (Å²) in [6.45, 7) is 3.31. The maximum absolute atomic E-state index is 13.0. The second kappa shape index (κ2) is 7.58. The third-order valence-electron chi connectivity index (χ3n) is 3.75. The lowest BCUT2D eigenvalue weighted by Gasteiger charge is -2.12. The Kier molecular flexibility index (Phi) is 5.23. The molecule has 26 heavy (non-hydrogen) atoms. The van der Waals surface area contributed by atoms with E-state index in [1.165, 1.54) is 42.5 Å². The molecule has 6 heteroatoms. The Bertz CT molecular complexity index is 935. The molecule has 0 aliphatic heterocycles. The molecular formula is C20H16FNO3S. The van der Waals surface area contributed by atoms with E-state index in [2.05, 4.69) is 4.98 Å². The quantitative estimate of drug-likeness (QED) is 0.484. The van der Waals surface area contributed by atoms with Gasteiger partial charge in [0.25, 0.3) is 0 Å². The van der Waals surface area contributed by atoms with Crippen molar-refractivity contribution in [1.82, 2.24) is 4.98 Å². The number of Topliss-reactive ketones (excluding diaryl/α,β-unsaturated/α-hetero) is 1. The van der Waals surface area contributed by atoms with Gasteiger partial charge in [0.05, 0.1) is 10.7 Å². The minimum absolute atomic E-state index is 0.287. The average molecular weight is 369 g/mol. The topological polar surface area (TPSA) is 56.3 Å². The number of aromatic nitrogens is 1. The minimum atomic E-state index is -0.987. The number of nitrogens with zero attached hydrogens (tertiary/aromatic N) is 1. The lowest BCUT2D eigenvalue weighted by atomic mass is 10.1. The Hall–Kier alpha value is -2.86. The third-order valence-corrected chi connectivity index (χ3v) is 4.70. The Morgan fingerprint density at radius 3 is 2.38 bits per heavy atom. The number of carbonyl (C=O) groups is 2. The molecule has 0 saturated heterocycles. The molecule has 0 spiro atoms. The minimum Gasteiger partial charge on any atom is -0.450 e. The molecule has 0 unspecified atom stereocenters. The van der Waals surface area contributed by atoms with Gasteiger partial charge in [-0.2, -0.15) is 0 Å². The van der Waals surface area contributed by atoms with Crippen LogP contribution in [0.5, 0.6) is 0 Å². The zero-order valence-electron chi connectivity index (χ0n) is 14.2. The van der Waals surface area contributed by atoms with Gasteiger partial charge in [-0.15, -0.1) is 11.3 Å². The largest absolute Gasteiger partial charge is 0.450 e. The van der Waals surface area contributed by atoms with Crippen LogP contribution in [0.1, 0.15) is 32.0 Å². The maximum atomic E-state index is 13.0. The van der Waals surface area contributed by atoms with E-state index in [1.54, 1.807) is 6.92 Å². The van der Waals surface area contributed by atoms with E-state index in [0.717, 1.165) is 10.6 Å². The van der Waals surface area contributed by atoms with Gasteiger partial charge in [0.2, 0.25) is 5.78 Å². The highest BCUT2D eigenvalue weighted by Gasteiger charge is 2.25. The van der Waals surface area contributed by atoms with Crippen molar-refractivity contribution in [1.29, 1.82) is 0 Å². The van der Waals surface area contributed by atoms with Gasteiger partial charge in [0.15, 0.2) is 6.10 Å². The monoisotopic (exact) mass is 369 g/mol. The van der Waals surface area contributed by atoms with Crippen LogP contribution < -0.4 is 0 Å². The molecule has 132 valence electrons. The molecule has 4 nitrogen and oxygen atoms in total. The van der Waals surface area contributed by atoms with Gasteiger partial charge in [0.1, 0.15) is 10.7 Å². The summed E-state index contributed by atoms with van der Waals surface area (Å²) >= 11 is 1.22. The van der Waals surface area contributed by atoms with Crippen LogP contribution in [-0.4, -0.2) is 22.8 Å². The molecule has 0 saturated carbocycles. The number of ketones is 1. The summed E-state index contributed by atoms with van der Waals surface area (Å²) in [5, 5.41) is 0.730. The Balaban J connectivity index is 1.80. The molecule has 1 aromatic heterocycles. The fourth-order valence-corrected chi connectivity index (χ4v) is 3.30. The second-order valence-corrected chi connectivity index (χ2v) is 6.90. The predicted molar refractivity (Wildman–Crippen MR) is 97.9 cm³/mol. The van der Waals surface area contributed by atoms with Crippen molar-refractivity contribution in [2.75, 3.05) is 0 Å². The van der Waals surface area contributed by atoms with Gasteiger partial charge in [-0.25, -0.2) is 14.2 Å². The summed E-state index contributed by atoms with van der Waals surface area (Å²) in [4.78, 5) is 29.7. The first-order chi connectivity index (χ1) is 12.5. The number of ether oxygens (including phenoxy) is 1. The van der Waals surface area contributed by atoms with Crippen molar-refractivity contribution >= 4 is 23.1 Å². The number of hydrogen-bond acceptors (Lipinski definition) is 5. The number of rotatable bonds is 5. The number of benzene rings is 2. The number of aryl methyl sites for hydroxylation is 1. The molecule has 0 N–H and O–H groups in total. The van der Waals surface area contributed by atoms with E-state index in [0.29, 0.717) is 10.6 Å². The van der Waals surface area contributed by atoms with Crippen LogP contribution in [0.4, 0.5) is 4.39 Å². The van der Waals surface area contributed by atoms with Gasteiger partial charge >= 0.3 is 5.97 Å². The molecular weight excluding hydrogens is 353 g/mol. The molecule has 3 aromatic rings. The Labute approximate surface area is 154 Å². The lowest BCUT2D eigenvalue weighted by Crippen LogP contribution is -2.24. The predicted octanol–water partition coefficient (Wildman–Crippen LogP) is 4.69. The molecule has 0 bridgehead atoms. The summed E-state index contributed by atoms with van der Waals surface area (Å²) in [5.74, 6) is -1.42. The summed E-state index contributed by atoms with van der Waals surface area (Å²) in [6, 6.07) is 14.5. The second-order valence-electron chi connectivity index (χ2n) is 5.70. The summed E-state index contributed by atoms with van der Waals surface area (Å²) in [6.07, 6.45) is -0.987. The van der Waals surface area contributed by atoms with E-state index in [9.17, 15) is 14.0 Å². The number of halogens is 1. The van der Waals surface area contributed by atoms with E-state index in [-0.39, 0.29) is 11.3 Å². The van der Waals surface area contributed by atoms with Crippen LogP contribution in [0.15, 0.2) is 54.6 Å². The molecule has 1 atom stereocenters. The van der Waals surface area contributed by atoms with Crippen molar-refractivity contribution in [3.05, 3.63) is 75.9 Å². The normalized spacial score (nSPS) is 11.8. The van der Waals surface area contributed by atoms with Crippen LogP contribution in [0.25, 0.3) is 11.3 Å². The van der Waals surface area contributed by atoms with Gasteiger partial charge in [-0.1, -0.05) is 30.3 Å². The van der Waals surface area contributed by atoms with Crippen molar-refractivity contribution < 1.29 is 18.7 Å². The standard InChI is InChI=1S/C20H16FNO3S/c1-12(18(23)15-8-10-16(21)11-9-15)25-20(24)19-17(22-13(2)26-19)14-6-4-3-5-7-14/h3-12H,1-2H3/t12-/m0/s1. The van der Waals surface area contributed by atoms with E-state index in [4.69, 9.17) is 4.74 Å². The molecule has 0 aliphatic rings. The van der Waals surface area contributed by atoms with Crippen molar-refractivity contribution in [2.24, 2.45) is 0 Å². The first-order valence-corrected chi connectivity index (χ1v) is 8.81. The average Bonchev–Trinajstić information content (AvgIpc) is 3.04. The summed E-state index contributed by atoms with van der Waals surface area (Å²) in [7, 11) is 0. The van der Waals surface area contributed by atoms with E-state index < -0.39 is 17.9 Å². The summed E-state index contributed by atoms with van der Waals surface area (Å²) in [5.41, 5.74) is 1.64. The summed E-state index contributed by atoms with van der Waals surface area (Å²) < 4.78 is 18.3. The Morgan fingerprint density at radius 1 is 1.08 bits per heavy atom. The molecule has 0 fully saturated rings. The van der Waals surface area contributed by atoms with Crippen LogP contribution in [-0.2, 0) is 4.74 Å². The van der Waals surface area contributed by atoms with Crippen LogP contribution in [0.2, 0.25) is 0 Å². The highest BCUT2D eigenvalue weighted by atomic mass is 32.1. The van der Waals surface area contributed by atoms with Gasteiger partial charge in [-0.3, -0.25) is 4.79 Å². The van der Waals surface area contributed by atoms with Gasteiger partial charge < -0.3 is 4.74 Å². The van der Waals surface area contributed by atoms with Gasteiger partial charge in [0, 0.05) is 11.1 Å². The van der Waals surface area contributed by atoms with Gasteiger partial charge in [-0.05, 0) is 38.1 Å². The number of carbonyl (C=O) groups excluding carboxylic acids is 2. The highest BCUT2D eigenvalue weighted by Crippen LogP contribution is 2.29. The van der Waals surface area contributed by atoms with E-state index in [1.807, 2.05) is 30.3 Å². The molecule has 3 rings (SSSR count). The fourth-order valence-electron chi connectivity index (χ4n) is 2.47. The zero-order chi connectivity index (χ0) is 18.7. The first-order valence-electron chi connectivity index (χ1n) is 7.99. The smallest absolute Gasteiger partial charge is 0.351 e. The number of thiazole rings is 1. The molecule has 0 aliphatic carbocycles. The molecule has 2 aromatic carbocycles. The number of hydrogen-bond donors (Lipinski definition) is 0. The SMILES string of the molecule is Cc1nc(-c2ccccc2)c(C(=O)O[C@@H](C)C(=O)c2ccc(F)cc2)s1. The lowest BCUT2D eigenvalue weighted by molar-refractivity contribution is 0.0324. The molecule has 0 amide bonds. The van der Waals surface area contributed by atoms with Crippen molar-refractivity contribution in [2.45, 2.75) is 20.0 Å². The van der Waals surface area contributed by atoms with Crippen LogP contribution >= 0.6 is 11.3 Å². The number of esters is 1. The highest BCUT2D eigenvalue weighted by molar-refractivity contribution is 7.14. The molecule has 1 heterocycles. The van der Waals surface area contributed by atoms with E-state index >= 15 is 0 Å². The van der Waals surface area contributed by atoms with Crippen molar-refractivity contribution in [3.63, 3.8) is 0 Å². The third kappa shape index (κ3) is 3.86. The Morgan fingerprint density at radius 2 is 1.73 bits per heavy atom. The van der Waals surface area contributed by atoms with Crippen molar-refractivity contribution in [3.8, 4) is 11.3 Å². The maximum Gasteiger partial charge on any atom is 0.351 e. The van der Waals surface area contributed by atoms with Crippen LogP contribution in [0.3, 0.4) is 0 Å². The zero-order valence-corrected chi connectivity index (χ0v) is 15.0. The fraction of sp³-hybridized carbons (Fsp3) is 0.150.